The Kier molecular flexibility index (Phi) is 7.82. The zero-order chi connectivity index (χ0) is 21.5. The Labute approximate surface area is 180 Å². The fourth-order valence-electron chi connectivity index (χ4n) is 3.89. The highest BCUT2D eigenvalue weighted by molar-refractivity contribution is 5.95. The van der Waals surface area contributed by atoms with Crippen LogP contribution in [0, 0.1) is 0 Å². The van der Waals surface area contributed by atoms with Crippen molar-refractivity contribution in [2.45, 2.75) is 39.8 Å². The maximum Gasteiger partial charge on any atom is 0.251 e. The molecule has 2 heterocycles. The third-order valence-electron chi connectivity index (χ3n) is 5.52. The van der Waals surface area contributed by atoms with Crippen LogP contribution in [-0.4, -0.2) is 67.3 Å². The minimum Gasteiger partial charge on any atom is -0.378 e. The van der Waals surface area contributed by atoms with E-state index in [9.17, 15) is 4.79 Å². The van der Waals surface area contributed by atoms with E-state index >= 15 is 0 Å². The molecule has 1 saturated heterocycles. The fourth-order valence-corrected chi connectivity index (χ4v) is 3.89. The van der Waals surface area contributed by atoms with Gasteiger partial charge in [0.25, 0.3) is 5.91 Å². The number of anilines is 1. The van der Waals surface area contributed by atoms with Gasteiger partial charge in [0.05, 0.1) is 13.2 Å². The Hall–Kier alpha value is -2.44. The summed E-state index contributed by atoms with van der Waals surface area (Å²) >= 11 is 0. The number of nitrogens with zero attached hydrogens (tertiary/aromatic N) is 3. The number of nitrogens with one attached hydrogen (secondary N) is 1. The molecular weight excluding hydrogens is 376 g/mol. The van der Waals surface area contributed by atoms with Gasteiger partial charge in [-0.3, -0.25) is 9.69 Å². The van der Waals surface area contributed by atoms with Gasteiger partial charge in [-0.1, -0.05) is 12.1 Å². The third kappa shape index (κ3) is 5.80. The van der Waals surface area contributed by atoms with Crippen molar-refractivity contribution in [3.8, 4) is 11.1 Å². The smallest absolute Gasteiger partial charge is 0.251 e. The standard InChI is InChI=1S/C24H34N4O2/c1-18(2)28(19(3)4)11-10-25-24(29)21-7-5-6-20(16-21)22-8-9-23(26-17-22)27-12-14-30-15-13-27/h5-9,16-19H,10-15H2,1-4H3,(H,25,29). The quantitative estimate of drug-likeness (QED) is 0.723. The van der Waals surface area contributed by atoms with E-state index in [2.05, 4.69) is 53.9 Å². The number of benzene rings is 1. The minimum absolute atomic E-state index is 0.0396. The van der Waals surface area contributed by atoms with Crippen molar-refractivity contribution in [3.05, 3.63) is 48.2 Å². The number of amides is 1. The summed E-state index contributed by atoms with van der Waals surface area (Å²) in [5.74, 6) is 0.929. The highest BCUT2D eigenvalue weighted by atomic mass is 16.5. The Morgan fingerprint density at radius 3 is 2.47 bits per heavy atom. The Bertz CT molecular complexity index is 806. The van der Waals surface area contributed by atoms with Gasteiger partial charge in [-0.25, -0.2) is 4.98 Å². The van der Waals surface area contributed by atoms with Crippen LogP contribution >= 0.6 is 0 Å². The molecular formula is C24H34N4O2. The molecule has 1 amide bonds. The SMILES string of the molecule is CC(C)N(CCNC(=O)c1cccc(-c2ccc(N3CCOCC3)nc2)c1)C(C)C. The predicted octanol–water partition coefficient (Wildman–Crippen LogP) is 3.43. The largest absolute Gasteiger partial charge is 0.378 e. The van der Waals surface area contributed by atoms with E-state index < -0.39 is 0 Å². The van der Waals surface area contributed by atoms with Gasteiger partial charge in [-0.2, -0.15) is 0 Å². The molecule has 1 aromatic carbocycles. The molecule has 1 N–H and O–H groups in total. The van der Waals surface area contributed by atoms with Crippen LogP contribution in [0.5, 0.6) is 0 Å². The molecule has 0 atom stereocenters. The van der Waals surface area contributed by atoms with Crippen LogP contribution in [0.3, 0.4) is 0 Å². The Balaban J connectivity index is 1.61. The first-order chi connectivity index (χ1) is 14.5. The second-order valence-electron chi connectivity index (χ2n) is 8.27. The van der Waals surface area contributed by atoms with Crippen molar-refractivity contribution in [3.63, 3.8) is 0 Å². The number of rotatable bonds is 8. The van der Waals surface area contributed by atoms with Crippen molar-refractivity contribution in [1.29, 1.82) is 0 Å². The van der Waals surface area contributed by atoms with Gasteiger partial charge in [0, 0.05) is 55.6 Å². The van der Waals surface area contributed by atoms with Gasteiger partial charge >= 0.3 is 0 Å². The molecule has 30 heavy (non-hydrogen) atoms. The summed E-state index contributed by atoms with van der Waals surface area (Å²) in [6, 6.07) is 12.8. The molecule has 1 aromatic heterocycles. The van der Waals surface area contributed by atoms with Crippen molar-refractivity contribution in [1.82, 2.24) is 15.2 Å². The van der Waals surface area contributed by atoms with Crippen molar-refractivity contribution in [2.75, 3.05) is 44.3 Å². The van der Waals surface area contributed by atoms with Gasteiger partial charge < -0.3 is 15.0 Å². The first-order valence-corrected chi connectivity index (χ1v) is 10.9. The number of hydrogen-bond donors (Lipinski definition) is 1. The summed E-state index contributed by atoms with van der Waals surface area (Å²) in [7, 11) is 0. The zero-order valence-corrected chi connectivity index (χ0v) is 18.6. The number of carbonyl (C=O) groups excluding carboxylic acids is 1. The number of aromatic nitrogens is 1. The van der Waals surface area contributed by atoms with Crippen molar-refractivity contribution < 1.29 is 9.53 Å². The van der Waals surface area contributed by atoms with Crippen molar-refractivity contribution >= 4 is 11.7 Å². The Morgan fingerprint density at radius 2 is 1.83 bits per heavy atom. The lowest BCUT2D eigenvalue weighted by Crippen LogP contribution is -2.42. The topological polar surface area (TPSA) is 57.7 Å². The summed E-state index contributed by atoms with van der Waals surface area (Å²) < 4.78 is 5.40. The van der Waals surface area contributed by atoms with Crippen LogP contribution < -0.4 is 10.2 Å². The number of ether oxygens (including phenoxy) is 1. The molecule has 0 spiro atoms. The second kappa shape index (κ2) is 10.5. The molecule has 2 aromatic rings. The van der Waals surface area contributed by atoms with E-state index in [0.717, 1.165) is 49.8 Å². The zero-order valence-electron chi connectivity index (χ0n) is 18.6. The molecule has 0 bridgehead atoms. The van der Waals surface area contributed by atoms with E-state index in [4.69, 9.17) is 4.74 Å². The molecule has 0 aliphatic carbocycles. The van der Waals surface area contributed by atoms with Gasteiger partial charge in [0.2, 0.25) is 0 Å². The van der Waals surface area contributed by atoms with Crippen LogP contribution in [0.25, 0.3) is 11.1 Å². The number of pyridine rings is 1. The van der Waals surface area contributed by atoms with E-state index in [1.54, 1.807) is 0 Å². The number of hydrogen-bond acceptors (Lipinski definition) is 5. The normalized spacial score (nSPS) is 14.6. The van der Waals surface area contributed by atoms with Crippen LogP contribution in [0.1, 0.15) is 38.1 Å². The molecule has 0 radical (unpaired) electrons. The van der Waals surface area contributed by atoms with Crippen LogP contribution in [0.2, 0.25) is 0 Å². The first kappa shape index (κ1) is 22.2. The van der Waals surface area contributed by atoms with E-state index in [1.165, 1.54) is 0 Å². The maximum absolute atomic E-state index is 12.6. The van der Waals surface area contributed by atoms with Gasteiger partial charge in [0.1, 0.15) is 5.82 Å². The highest BCUT2D eigenvalue weighted by Gasteiger charge is 2.15. The molecule has 0 unspecified atom stereocenters. The minimum atomic E-state index is -0.0396. The van der Waals surface area contributed by atoms with Gasteiger partial charge in [-0.05, 0) is 57.5 Å². The lowest BCUT2D eigenvalue weighted by molar-refractivity contribution is 0.0939. The molecule has 1 aliphatic rings. The lowest BCUT2D eigenvalue weighted by Gasteiger charge is -2.30. The van der Waals surface area contributed by atoms with Gasteiger partial charge in [-0.15, -0.1) is 0 Å². The van der Waals surface area contributed by atoms with E-state index in [-0.39, 0.29) is 5.91 Å². The van der Waals surface area contributed by atoms with E-state index in [1.807, 2.05) is 36.5 Å². The second-order valence-corrected chi connectivity index (χ2v) is 8.27. The number of morpholine rings is 1. The predicted molar refractivity (Wildman–Crippen MR) is 122 cm³/mol. The highest BCUT2D eigenvalue weighted by Crippen LogP contribution is 2.22. The number of carbonyl (C=O) groups is 1. The summed E-state index contributed by atoms with van der Waals surface area (Å²) in [4.78, 5) is 21.9. The summed E-state index contributed by atoms with van der Waals surface area (Å²) in [6.45, 7) is 13.4. The summed E-state index contributed by atoms with van der Waals surface area (Å²) in [6.07, 6.45) is 1.88. The summed E-state index contributed by atoms with van der Waals surface area (Å²) in [5.41, 5.74) is 2.67. The van der Waals surface area contributed by atoms with Crippen LogP contribution in [0.15, 0.2) is 42.6 Å². The monoisotopic (exact) mass is 410 g/mol. The average Bonchev–Trinajstić information content (AvgIpc) is 2.77. The van der Waals surface area contributed by atoms with Crippen LogP contribution in [-0.2, 0) is 4.74 Å². The molecule has 6 heteroatoms. The first-order valence-electron chi connectivity index (χ1n) is 10.9. The van der Waals surface area contributed by atoms with E-state index in [0.29, 0.717) is 24.2 Å². The maximum atomic E-state index is 12.6. The fraction of sp³-hybridized carbons (Fsp3) is 0.500. The molecule has 1 aliphatic heterocycles. The average molecular weight is 411 g/mol. The molecule has 1 fully saturated rings. The third-order valence-corrected chi connectivity index (χ3v) is 5.52. The molecule has 6 nitrogen and oxygen atoms in total. The van der Waals surface area contributed by atoms with Gasteiger partial charge in [0.15, 0.2) is 0 Å². The Morgan fingerprint density at radius 1 is 1.10 bits per heavy atom. The lowest BCUT2D eigenvalue weighted by atomic mass is 10.0. The molecule has 162 valence electrons. The van der Waals surface area contributed by atoms with Crippen LogP contribution in [0.4, 0.5) is 5.82 Å². The van der Waals surface area contributed by atoms with Crippen molar-refractivity contribution in [2.24, 2.45) is 0 Å². The molecule has 3 rings (SSSR count). The summed E-state index contributed by atoms with van der Waals surface area (Å²) in [5, 5.41) is 3.06. The molecule has 0 saturated carbocycles.